The number of hydrogen-bond acceptors (Lipinski definition) is 5. The van der Waals surface area contributed by atoms with Crippen LogP contribution in [-0.4, -0.2) is 18.4 Å². The lowest BCUT2D eigenvalue weighted by atomic mass is 9.75. The van der Waals surface area contributed by atoms with E-state index < -0.39 is 11.9 Å². The molecule has 5 heteroatoms. The van der Waals surface area contributed by atoms with Gasteiger partial charge in [-0.2, -0.15) is 0 Å². The molecule has 0 radical (unpaired) electrons. The third-order valence-corrected chi connectivity index (χ3v) is 6.19. The monoisotopic (exact) mass is 445 g/mol. The van der Waals surface area contributed by atoms with Gasteiger partial charge >= 0.3 is 5.97 Å². The van der Waals surface area contributed by atoms with Crippen LogP contribution in [0.15, 0.2) is 77.1 Å². The molecule has 0 amide bonds. The Morgan fingerprint density at radius 1 is 1.06 bits per heavy atom. The summed E-state index contributed by atoms with van der Waals surface area (Å²) in [4.78, 5) is 26.5. The van der Waals surface area contributed by atoms with Crippen molar-refractivity contribution in [1.82, 2.24) is 5.32 Å². The summed E-state index contributed by atoms with van der Waals surface area (Å²) in [6, 6.07) is 17.3. The first kappa shape index (κ1) is 22.8. The van der Waals surface area contributed by atoms with Crippen molar-refractivity contribution in [2.75, 3.05) is 6.61 Å². The first-order valence-electron chi connectivity index (χ1n) is 11.8. The lowest BCUT2D eigenvalue weighted by Crippen LogP contribution is -2.34. The van der Waals surface area contributed by atoms with Crippen LogP contribution in [0, 0.1) is 0 Å². The molecule has 2 aromatic carbocycles. The first-order valence-corrected chi connectivity index (χ1v) is 11.8. The molecule has 0 fully saturated rings. The van der Waals surface area contributed by atoms with Crippen molar-refractivity contribution in [2.45, 2.75) is 58.5 Å². The number of hydrogen-bond donors (Lipinski definition) is 1. The van der Waals surface area contributed by atoms with Gasteiger partial charge in [-0.3, -0.25) is 4.79 Å². The van der Waals surface area contributed by atoms with Crippen LogP contribution < -0.4 is 10.1 Å². The van der Waals surface area contributed by atoms with Gasteiger partial charge in [0.2, 0.25) is 0 Å². The van der Waals surface area contributed by atoms with Crippen LogP contribution in [0.25, 0.3) is 0 Å². The Balaban J connectivity index is 1.72. The summed E-state index contributed by atoms with van der Waals surface area (Å²) in [7, 11) is 0. The second-order valence-corrected chi connectivity index (χ2v) is 8.57. The number of ether oxygens (including phenoxy) is 2. The molecular formula is C28H31NO4. The minimum Gasteiger partial charge on any atom is -0.493 e. The molecule has 2 aromatic rings. The van der Waals surface area contributed by atoms with E-state index in [-0.39, 0.29) is 12.4 Å². The van der Waals surface area contributed by atoms with Crippen LogP contribution in [0.4, 0.5) is 0 Å². The number of esters is 1. The molecule has 1 aliphatic carbocycles. The highest BCUT2D eigenvalue weighted by atomic mass is 16.5. The van der Waals surface area contributed by atoms with Crippen molar-refractivity contribution < 1.29 is 19.1 Å². The minimum absolute atomic E-state index is 0.0815. The SMILES string of the molecule is CCCCOc1ccccc1[C@@H]1C(C(=O)OCc2ccccc2)=C(C)NC2=C1C(=O)CCC2. The quantitative estimate of drug-likeness (QED) is 0.425. The molecule has 0 spiro atoms. The molecule has 172 valence electrons. The van der Waals surface area contributed by atoms with E-state index in [0.717, 1.165) is 48.2 Å². The molecular weight excluding hydrogens is 414 g/mol. The first-order chi connectivity index (χ1) is 16.1. The van der Waals surface area contributed by atoms with Gasteiger partial charge in [0, 0.05) is 29.0 Å². The molecule has 5 nitrogen and oxygen atoms in total. The number of carbonyl (C=O) groups excluding carboxylic acids is 2. The number of carbonyl (C=O) groups is 2. The number of ketones is 1. The Morgan fingerprint density at radius 2 is 1.82 bits per heavy atom. The highest BCUT2D eigenvalue weighted by Crippen LogP contribution is 2.45. The summed E-state index contributed by atoms with van der Waals surface area (Å²) in [5.74, 6) is -0.125. The topological polar surface area (TPSA) is 64.6 Å². The average molecular weight is 446 g/mol. The zero-order chi connectivity index (χ0) is 23.2. The summed E-state index contributed by atoms with van der Waals surface area (Å²) >= 11 is 0. The highest BCUT2D eigenvalue weighted by Gasteiger charge is 2.40. The van der Waals surface area contributed by atoms with Gasteiger partial charge in [0.15, 0.2) is 5.78 Å². The number of dihydropyridines is 1. The fourth-order valence-electron chi connectivity index (χ4n) is 4.54. The molecule has 1 atom stereocenters. The number of Topliss-reactive ketones (excluding diaryl/α,β-unsaturated/α-hetero) is 1. The van der Waals surface area contributed by atoms with E-state index in [2.05, 4.69) is 12.2 Å². The number of benzene rings is 2. The lowest BCUT2D eigenvalue weighted by molar-refractivity contribution is -0.140. The molecule has 1 heterocycles. The third-order valence-electron chi connectivity index (χ3n) is 6.19. The Morgan fingerprint density at radius 3 is 2.61 bits per heavy atom. The summed E-state index contributed by atoms with van der Waals surface area (Å²) in [6.07, 6.45) is 4.06. The van der Waals surface area contributed by atoms with Gasteiger partial charge in [-0.1, -0.05) is 61.9 Å². The van der Waals surface area contributed by atoms with Crippen LogP contribution in [0.1, 0.15) is 63.0 Å². The molecule has 1 N–H and O–H groups in total. The Bertz CT molecular complexity index is 1080. The molecule has 0 unspecified atom stereocenters. The van der Waals surface area contributed by atoms with E-state index in [1.165, 1.54) is 0 Å². The smallest absolute Gasteiger partial charge is 0.337 e. The highest BCUT2D eigenvalue weighted by molar-refractivity contribution is 6.04. The van der Waals surface area contributed by atoms with Crippen LogP contribution >= 0.6 is 0 Å². The predicted molar refractivity (Wildman–Crippen MR) is 128 cm³/mol. The zero-order valence-electron chi connectivity index (χ0n) is 19.4. The van der Waals surface area contributed by atoms with Gasteiger partial charge in [-0.15, -0.1) is 0 Å². The van der Waals surface area contributed by atoms with E-state index in [1.54, 1.807) is 0 Å². The van der Waals surface area contributed by atoms with Crippen molar-refractivity contribution >= 4 is 11.8 Å². The van der Waals surface area contributed by atoms with Gasteiger partial charge in [0.25, 0.3) is 0 Å². The molecule has 0 saturated heterocycles. The van der Waals surface area contributed by atoms with Crippen LogP contribution in [0.5, 0.6) is 5.75 Å². The summed E-state index contributed by atoms with van der Waals surface area (Å²) < 4.78 is 11.8. The molecule has 2 aliphatic rings. The maximum absolute atomic E-state index is 13.4. The van der Waals surface area contributed by atoms with Crippen LogP contribution in [-0.2, 0) is 20.9 Å². The summed E-state index contributed by atoms with van der Waals surface area (Å²) in [5.41, 5.74) is 4.55. The number of nitrogens with one attached hydrogen (secondary N) is 1. The molecule has 1 aliphatic heterocycles. The van der Waals surface area contributed by atoms with Crippen molar-refractivity contribution in [3.63, 3.8) is 0 Å². The number of para-hydroxylation sites is 1. The van der Waals surface area contributed by atoms with Crippen molar-refractivity contribution in [2.24, 2.45) is 0 Å². The maximum Gasteiger partial charge on any atom is 0.337 e. The number of rotatable bonds is 8. The molecule has 0 saturated carbocycles. The number of allylic oxidation sites excluding steroid dienone is 3. The van der Waals surface area contributed by atoms with Crippen molar-refractivity contribution in [3.05, 3.63) is 88.3 Å². The summed E-state index contributed by atoms with van der Waals surface area (Å²) in [6.45, 7) is 4.77. The van der Waals surface area contributed by atoms with E-state index >= 15 is 0 Å². The average Bonchev–Trinajstić information content (AvgIpc) is 2.83. The maximum atomic E-state index is 13.4. The van der Waals surface area contributed by atoms with Gasteiger partial charge in [0.05, 0.1) is 18.1 Å². The molecule has 4 rings (SSSR count). The molecule has 33 heavy (non-hydrogen) atoms. The van der Waals surface area contributed by atoms with Gasteiger partial charge < -0.3 is 14.8 Å². The normalized spacial score (nSPS) is 18.0. The fourth-order valence-corrected chi connectivity index (χ4v) is 4.54. The van der Waals surface area contributed by atoms with Crippen molar-refractivity contribution in [3.8, 4) is 5.75 Å². The predicted octanol–water partition coefficient (Wildman–Crippen LogP) is 5.58. The Hall–Kier alpha value is -3.34. The van der Waals surface area contributed by atoms with Gasteiger partial charge in [0.1, 0.15) is 12.4 Å². The Labute approximate surface area is 195 Å². The van der Waals surface area contributed by atoms with E-state index in [4.69, 9.17) is 9.47 Å². The Kier molecular flexibility index (Phi) is 7.28. The van der Waals surface area contributed by atoms with Gasteiger partial charge in [-0.05, 0) is 37.8 Å². The zero-order valence-corrected chi connectivity index (χ0v) is 19.4. The van der Waals surface area contributed by atoms with Crippen LogP contribution in [0.2, 0.25) is 0 Å². The largest absolute Gasteiger partial charge is 0.493 e. The molecule has 0 aromatic heterocycles. The van der Waals surface area contributed by atoms with Gasteiger partial charge in [-0.25, -0.2) is 4.79 Å². The van der Waals surface area contributed by atoms with E-state index in [0.29, 0.717) is 29.9 Å². The second kappa shape index (κ2) is 10.5. The summed E-state index contributed by atoms with van der Waals surface area (Å²) in [5, 5.41) is 3.35. The second-order valence-electron chi connectivity index (χ2n) is 8.57. The minimum atomic E-state index is -0.504. The third kappa shape index (κ3) is 5.03. The van der Waals surface area contributed by atoms with Crippen molar-refractivity contribution in [1.29, 1.82) is 0 Å². The standard InChI is InChI=1S/C28H31NO4/c1-3-4-17-32-24-16-9-8-13-21(24)26-25(28(31)33-18-20-11-6-5-7-12-20)19(2)29-22-14-10-15-23(30)27(22)26/h5-9,11-13,16,26,29H,3-4,10,14-15,17-18H2,1-2H3/t26-/m1/s1. The van der Waals surface area contributed by atoms with E-state index in [9.17, 15) is 9.59 Å². The van der Waals surface area contributed by atoms with Crippen LogP contribution in [0.3, 0.4) is 0 Å². The lowest BCUT2D eigenvalue weighted by Gasteiger charge is -2.34. The fraction of sp³-hybridized carbons (Fsp3) is 0.357. The number of unbranched alkanes of at least 4 members (excludes halogenated alkanes) is 1. The molecule has 0 bridgehead atoms. The van der Waals surface area contributed by atoms with E-state index in [1.807, 2.05) is 61.5 Å².